The van der Waals surface area contributed by atoms with Crippen LogP contribution in [-0.2, 0) is 0 Å². The zero-order valence-electron chi connectivity index (χ0n) is 16.2. The second-order valence-electron chi connectivity index (χ2n) is 6.90. The van der Waals surface area contributed by atoms with Gasteiger partial charge in [-0.05, 0) is 51.1 Å². The summed E-state index contributed by atoms with van der Waals surface area (Å²) in [5.74, 6) is 0. The first-order chi connectivity index (χ1) is 12.5. The molecule has 0 radical (unpaired) electrons. The summed E-state index contributed by atoms with van der Waals surface area (Å²) in [6.45, 7) is 14.2. The van der Waals surface area contributed by atoms with Gasteiger partial charge in [0, 0.05) is 12.1 Å². The van der Waals surface area contributed by atoms with Crippen molar-refractivity contribution < 1.29 is 0 Å². The van der Waals surface area contributed by atoms with Gasteiger partial charge in [0.05, 0.1) is 11.7 Å². The monoisotopic (exact) mass is 346 g/mol. The van der Waals surface area contributed by atoms with Crippen molar-refractivity contribution in [2.24, 2.45) is 4.99 Å². The van der Waals surface area contributed by atoms with Gasteiger partial charge in [0.25, 0.3) is 0 Å². The van der Waals surface area contributed by atoms with E-state index in [-0.39, 0.29) is 6.04 Å². The van der Waals surface area contributed by atoms with Crippen LogP contribution in [0, 0.1) is 0 Å². The number of allylic oxidation sites excluding steroid dienone is 1. The van der Waals surface area contributed by atoms with E-state index in [2.05, 4.69) is 111 Å². The van der Waals surface area contributed by atoms with Crippen molar-refractivity contribution in [1.29, 1.82) is 0 Å². The third-order valence-electron chi connectivity index (χ3n) is 4.62. The van der Waals surface area contributed by atoms with E-state index in [1.54, 1.807) is 0 Å². The Morgan fingerprint density at radius 3 is 1.88 bits per heavy atom. The minimum Gasteiger partial charge on any atom is -0.287 e. The molecule has 0 aliphatic rings. The average molecular weight is 347 g/mol. The Balaban J connectivity index is 2.36. The third-order valence-corrected chi connectivity index (χ3v) is 4.62. The summed E-state index contributed by atoms with van der Waals surface area (Å²) in [5, 5.41) is 0. The van der Waals surface area contributed by atoms with E-state index in [1.807, 2.05) is 6.08 Å². The van der Waals surface area contributed by atoms with Crippen molar-refractivity contribution in [2.45, 2.75) is 45.3 Å². The lowest BCUT2D eigenvalue weighted by molar-refractivity contribution is 0.125. The van der Waals surface area contributed by atoms with E-state index in [9.17, 15) is 0 Å². The molecular formula is C24H30N2. The Labute approximate surface area is 158 Å². The highest BCUT2D eigenvalue weighted by Crippen LogP contribution is 2.32. The highest BCUT2D eigenvalue weighted by atomic mass is 15.2. The number of hydrogen-bond acceptors (Lipinski definition) is 2. The van der Waals surface area contributed by atoms with Crippen LogP contribution < -0.4 is 0 Å². The molecule has 0 N–H and O–H groups in total. The predicted molar refractivity (Wildman–Crippen MR) is 114 cm³/mol. The Bertz CT molecular complexity index is 677. The molecule has 0 aliphatic heterocycles. The molecule has 2 nitrogen and oxygen atoms in total. The first-order valence-corrected chi connectivity index (χ1v) is 9.24. The lowest BCUT2D eigenvalue weighted by atomic mass is 9.94. The van der Waals surface area contributed by atoms with Gasteiger partial charge in [0.15, 0.2) is 0 Å². The van der Waals surface area contributed by atoms with Gasteiger partial charge in [-0.25, -0.2) is 0 Å². The quantitative estimate of drug-likeness (QED) is 0.399. The van der Waals surface area contributed by atoms with Crippen LogP contribution in [0.5, 0.6) is 0 Å². The van der Waals surface area contributed by atoms with Crippen molar-refractivity contribution in [3.63, 3.8) is 0 Å². The molecule has 0 amide bonds. The van der Waals surface area contributed by atoms with Crippen LogP contribution in [0.1, 0.15) is 44.4 Å². The Kier molecular flexibility index (Phi) is 7.55. The van der Waals surface area contributed by atoms with Gasteiger partial charge in [-0.1, -0.05) is 73.3 Å². The van der Waals surface area contributed by atoms with Gasteiger partial charge >= 0.3 is 0 Å². The summed E-state index contributed by atoms with van der Waals surface area (Å²) in [6.07, 6.45) is 5.02. The summed E-state index contributed by atoms with van der Waals surface area (Å²) in [7, 11) is 0. The minimum atomic E-state index is 0.224. The van der Waals surface area contributed by atoms with Gasteiger partial charge < -0.3 is 0 Å². The number of hydrogen-bond donors (Lipinski definition) is 0. The summed E-state index contributed by atoms with van der Waals surface area (Å²) in [6, 6.07) is 22.5. The number of nitrogens with zero attached hydrogens (tertiary/aromatic N) is 2. The Morgan fingerprint density at radius 2 is 1.46 bits per heavy atom. The van der Waals surface area contributed by atoms with Crippen molar-refractivity contribution in [3.8, 4) is 0 Å². The van der Waals surface area contributed by atoms with E-state index in [0.717, 1.165) is 6.42 Å². The lowest BCUT2D eigenvalue weighted by Crippen LogP contribution is -2.42. The average Bonchev–Trinajstić information content (AvgIpc) is 2.66. The van der Waals surface area contributed by atoms with Crippen LogP contribution >= 0.6 is 0 Å². The van der Waals surface area contributed by atoms with E-state index in [1.165, 1.54) is 11.1 Å². The molecule has 2 aromatic rings. The predicted octanol–water partition coefficient (Wildman–Crippen LogP) is 6.04. The van der Waals surface area contributed by atoms with Crippen molar-refractivity contribution in [2.75, 3.05) is 0 Å². The highest BCUT2D eigenvalue weighted by Gasteiger charge is 2.28. The minimum absolute atomic E-state index is 0.224. The molecule has 0 saturated carbocycles. The molecule has 26 heavy (non-hydrogen) atoms. The van der Waals surface area contributed by atoms with E-state index >= 15 is 0 Å². The molecule has 0 spiro atoms. The smallest absolute Gasteiger partial charge is 0.0606 e. The molecule has 0 aliphatic carbocycles. The second-order valence-corrected chi connectivity index (χ2v) is 6.90. The molecule has 136 valence electrons. The van der Waals surface area contributed by atoms with Gasteiger partial charge in [-0.3, -0.25) is 9.89 Å². The summed E-state index contributed by atoms with van der Waals surface area (Å²) in [4.78, 5) is 6.43. The first kappa shape index (κ1) is 19.9. The van der Waals surface area contributed by atoms with Crippen LogP contribution in [-0.4, -0.2) is 23.7 Å². The molecule has 1 atom stereocenters. The topological polar surface area (TPSA) is 15.6 Å². The third kappa shape index (κ3) is 5.27. The van der Waals surface area contributed by atoms with Crippen LogP contribution in [0.3, 0.4) is 0 Å². The molecule has 0 saturated heterocycles. The number of rotatable bonds is 9. The van der Waals surface area contributed by atoms with Crippen LogP contribution in [0.25, 0.3) is 0 Å². The number of aliphatic imine (C=N–C) groups is 1. The molecule has 0 bridgehead atoms. The fraction of sp³-hybridized carbons (Fsp3) is 0.292. The first-order valence-electron chi connectivity index (χ1n) is 9.24. The molecule has 2 heteroatoms. The van der Waals surface area contributed by atoms with Crippen molar-refractivity contribution in [1.82, 2.24) is 4.90 Å². The maximum atomic E-state index is 3.85. The van der Waals surface area contributed by atoms with Gasteiger partial charge in [0.2, 0.25) is 0 Å². The zero-order chi connectivity index (χ0) is 18.9. The van der Waals surface area contributed by atoms with Gasteiger partial charge in [-0.15, -0.1) is 0 Å². The Morgan fingerprint density at radius 1 is 0.962 bits per heavy atom. The zero-order valence-corrected chi connectivity index (χ0v) is 16.2. The summed E-state index contributed by atoms with van der Waals surface area (Å²) in [5.41, 5.74) is 3.34. The van der Waals surface area contributed by atoms with E-state index in [4.69, 9.17) is 0 Å². The fourth-order valence-electron chi connectivity index (χ4n) is 3.44. The normalized spacial score (nSPS) is 12.8. The second kappa shape index (κ2) is 9.88. The van der Waals surface area contributed by atoms with Gasteiger partial charge in [0.1, 0.15) is 0 Å². The van der Waals surface area contributed by atoms with Crippen LogP contribution in [0.2, 0.25) is 0 Å². The molecule has 2 aromatic carbocycles. The molecular weight excluding hydrogens is 316 g/mol. The Hall–Kier alpha value is -2.45. The standard InChI is InChI=1S/C24H30N2/c1-19(2)26(21(4)14-12-13-20(3)25-5)24(22-15-8-6-9-16-22)23-17-10-7-11-18-23/h6-13,15-19,21,24H,3,5,14H2,1-2,4H3/b13-12-. The highest BCUT2D eigenvalue weighted by molar-refractivity contribution is 5.33. The summed E-state index contributed by atoms with van der Waals surface area (Å²) >= 11 is 0. The van der Waals surface area contributed by atoms with Crippen LogP contribution in [0.15, 0.2) is 90.1 Å². The van der Waals surface area contributed by atoms with Gasteiger partial charge in [-0.2, -0.15) is 0 Å². The molecule has 2 rings (SSSR count). The molecule has 0 heterocycles. The van der Waals surface area contributed by atoms with Crippen molar-refractivity contribution in [3.05, 3.63) is 96.2 Å². The maximum absolute atomic E-state index is 3.85. The maximum Gasteiger partial charge on any atom is 0.0606 e. The largest absolute Gasteiger partial charge is 0.287 e. The molecule has 0 fully saturated rings. The van der Waals surface area contributed by atoms with Crippen molar-refractivity contribution >= 4 is 6.72 Å². The fourth-order valence-corrected chi connectivity index (χ4v) is 3.44. The molecule has 1 unspecified atom stereocenters. The van der Waals surface area contributed by atoms with E-state index in [0.29, 0.717) is 17.8 Å². The molecule has 0 aromatic heterocycles. The van der Waals surface area contributed by atoms with E-state index < -0.39 is 0 Å². The number of benzene rings is 2. The lowest BCUT2D eigenvalue weighted by Gasteiger charge is -2.40. The SMILES string of the molecule is C=NC(=C)/C=C\CC(C)N(C(C)C)C(c1ccccc1)c1ccccc1. The van der Waals surface area contributed by atoms with Crippen LogP contribution in [0.4, 0.5) is 0 Å². The summed E-state index contributed by atoms with van der Waals surface area (Å²) < 4.78 is 0.